The van der Waals surface area contributed by atoms with Crippen molar-refractivity contribution in [3.63, 3.8) is 0 Å². The molecule has 1 saturated carbocycles. The summed E-state index contributed by atoms with van der Waals surface area (Å²) in [5.74, 6) is 0. The standard InChI is InChI=1S/C10H19N/c1-9(2)4-3-5-10(6-9)7-11-8-10/h11H,3-8H2,1-2H3. The second kappa shape index (κ2) is 2.22. The first-order valence-corrected chi connectivity index (χ1v) is 4.83. The summed E-state index contributed by atoms with van der Waals surface area (Å²) in [6, 6.07) is 0. The van der Waals surface area contributed by atoms with Gasteiger partial charge < -0.3 is 5.32 Å². The molecule has 1 nitrogen and oxygen atoms in total. The van der Waals surface area contributed by atoms with Crippen LogP contribution in [0, 0.1) is 10.8 Å². The van der Waals surface area contributed by atoms with Crippen molar-refractivity contribution in [2.24, 2.45) is 10.8 Å². The third-order valence-corrected chi connectivity index (χ3v) is 3.41. The van der Waals surface area contributed by atoms with Gasteiger partial charge in [0.1, 0.15) is 0 Å². The maximum atomic E-state index is 3.41. The molecule has 1 heterocycles. The first-order chi connectivity index (χ1) is 5.12. The Morgan fingerprint density at radius 2 is 1.82 bits per heavy atom. The van der Waals surface area contributed by atoms with Gasteiger partial charge in [0.25, 0.3) is 0 Å². The lowest BCUT2D eigenvalue weighted by molar-refractivity contribution is 0.0345. The van der Waals surface area contributed by atoms with E-state index in [1.54, 1.807) is 0 Å². The van der Waals surface area contributed by atoms with E-state index < -0.39 is 0 Å². The maximum Gasteiger partial charge on any atom is 0.00204 e. The molecular formula is C10H19N. The van der Waals surface area contributed by atoms with Gasteiger partial charge in [0, 0.05) is 13.1 Å². The van der Waals surface area contributed by atoms with Gasteiger partial charge in [-0.15, -0.1) is 0 Å². The molecule has 2 rings (SSSR count). The number of nitrogens with one attached hydrogen (secondary N) is 1. The molecule has 0 amide bonds. The lowest BCUT2D eigenvalue weighted by Gasteiger charge is -2.51. The largest absolute Gasteiger partial charge is 0.316 e. The Morgan fingerprint density at radius 1 is 1.09 bits per heavy atom. The molecule has 64 valence electrons. The van der Waals surface area contributed by atoms with Gasteiger partial charge in [0.05, 0.1) is 0 Å². The van der Waals surface area contributed by atoms with Crippen LogP contribution in [-0.2, 0) is 0 Å². The molecule has 0 aromatic heterocycles. The molecule has 0 atom stereocenters. The molecule has 1 spiro atoms. The maximum absolute atomic E-state index is 3.41. The van der Waals surface area contributed by atoms with E-state index in [2.05, 4.69) is 19.2 Å². The zero-order valence-corrected chi connectivity index (χ0v) is 7.74. The van der Waals surface area contributed by atoms with E-state index >= 15 is 0 Å². The third-order valence-electron chi connectivity index (χ3n) is 3.41. The molecule has 11 heavy (non-hydrogen) atoms. The van der Waals surface area contributed by atoms with Gasteiger partial charge in [0.15, 0.2) is 0 Å². The highest BCUT2D eigenvalue weighted by Crippen LogP contribution is 2.47. The smallest absolute Gasteiger partial charge is 0.00204 e. The van der Waals surface area contributed by atoms with Gasteiger partial charge in [-0.25, -0.2) is 0 Å². The summed E-state index contributed by atoms with van der Waals surface area (Å²) < 4.78 is 0. The van der Waals surface area contributed by atoms with Crippen molar-refractivity contribution < 1.29 is 0 Å². The molecular weight excluding hydrogens is 134 g/mol. The summed E-state index contributed by atoms with van der Waals surface area (Å²) in [5, 5.41) is 3.41. The lowest BCUT2D eigenvalue weighted by Crippen LogP contribution is -2.56. The summed E-state index contributed by atoms with van der Waals surface area (Å²) >= 11 is 0. The van der Waals surface area contributed by atoms with E-state index in [-0.39, 0.29) is 0 Å². The van der Waals surface area contributed by atoms with Crippen LogP contribution in [-0.4, -0.2) is 13.1 Å². The van der Waals surface area contributed by atoms with E-state index in [0.29, 0.717) is 5.41 Å². The minimum absolute atomic E-state index is 0.625. The quantitative estimate of drug-likeness (QED) is 0.562. The molecule has 1 N–H and O–H groups in total. The first-order valence-electron chi connectivity index (χ1n) is 4.83. The lowest BCUT2D eigenvalue weighted by atomic mass is 9.61. The Bertz CT molecular complexity index is 156. The minimum atomic E-state index is 0.625. The van der Waals surface area contributed by atoms with Crippen molar-refractivity contribution in [3.8, 4) is 0 Å². The number of hydrogen-bond acceptors (Lipinski definition) is 1. The Morgan fingerprint density at radius 3 is 2.18 bits per heavy atom. The Kier molecular flexibility index (Phi) is 1.54. The Balaban J connectivity index is 2.03. The van der Waals surface area contributed by atoms with Crippen LogP contribution in [0.5, 0.6) is 0 Å². The van der Waals surface area contributed by atoms with E-state index in [1.807, 2.05) is 0 Å². The van der Waals surface area contributed by atoms with E-state index in [1.165, 1.54) is 38.8 Å². The highest BCUT2D eigenvalue weighted by Gasteiger charge is 2.43. The van der Waals surface area contributed by atoms with E-state index in [4.69, 9.17) is 0 Å². The fraction of sp³-hybridized carbons (Fsp3) is 1.00. The summed E-state index contributed by atoms with van der Waals surface area (Å²) in [4.78, 5) is 0. The Labute approximate surface area is 69.6 Å². The monoisotopic (exact) mass is 153 g/mol. The summed E-state index contributed by atoms with van der Waals surface area (Å²) in [6.07, 6.45) is 5.82. The van der Waals surface area contributed by atoms with E-state index in [0.717, 1.165) is 5.41 Å². The second-order valence-electron chi connectivity index (χ2n) is 5.30. The van der Waals surface area contributed by atoms with Crippen molar-refractivity contribution in [1.29, 1.82) is 0 Å². The molecule has 0 unspecified atom stereocenters. The van der Waals surface area contributed by atoms with E-state index in [9.17, 15) is 0 Å². The first kappa shape index (κ1) is 7.60. The molecule has 2 aliphatic rings. The molecule has 0 bridgehead atoms. The summed E-state index contributed by atoms with van der Waals surface area (Å²) in [6.45, 7) is 7.42. The van der Waals surface area contributed by atoms with Crippen molar-refractivity contribution in [3.05, 3.63) is 0 Å². The van der Waals surface area contributed by atoms with Crippen molar-refractivity contribution in [2.45, 2.75) is 39.5 Å². The average molecular weight is 153 g/mol. The average Bonchev–Trinajstić information content (AvgIpc) is 1.82. The normalized spacial score (nSPS) is 33.3. The Hall–Kier alpha value is -0.0400. The zero-order chi connectivity index (χ0) is 7.95. The third kappa shape index (κ3) is 1.31. The van der Waals surface area contributed by atoms with Crippen LogP contribution >= 0.6 is 0 Å². The predicted molar refractivity (Wildman–Crippen MR) is 47.6 cm³/mol. The van der Waals surface area contributed by atoms with Crippen LogP contribution in [0.3, 0.4) is 0 Å². The molecule has 1 aliphatic heterocycles. The number of rotatable bonds is 0. The molecule has 1 aliphatic carbocycles. The topological polar surface area (TPSA) is 12.0 Å². The molecule has 0 aromatic rings. The van der Waals surface area contributed by atoms with Gasteiger partial charge >= 0.3 is 0 Å². The van der Waals surface area contributed by atoms with Gasteiger partial charge in [-0.05, 0) is 30.1 Å². The van der Waals surface area contributed by atoms with Crippen molar-refractivity contribution in [2.75, 3.05) is 13.1 Å². The SMILES string of the molecule is CC1(C)CCCC2(CNC2)C1. The van der Waals surface area contributed by atoms with Crippen molar-refractivity contribution in [1.82, 2.24) is 5.32 Å². The highest BCUT2D eigenvalue weighted by atomic mass is 15.0. The van der Waals surface area contributed by atoms with Gasteiger partial charge in [-0.1, -0.05) is 20.3 Å². The number of hydrogen-bond donors (Lipinski definition) is 1. The fourth-order valence-electron chi connectivity index (χ4n) is 2.91. The molecule has 1 saturated heterocycles. The summed E-state index contributed by atoms with van der Waals surface area (Å²) in [7, 11) is 0. The molecule has 1 heteroatoms. The van der Waals surface area contributed by atoms with Crippen LogP contribution in [0.1, 0.15) is 39.5 Å². The van der Waals surface area contributed by atoms with Crippen LogP contribution in [0.15, 0.2) is 0 Å². The minimum Gasteiger partial charge on any atom is -0.316 e. The van der Waals surface area contributed by atoms with Crippen LogP contribution in [0.4, 0.5) is 0 Å². The molecule has 0 radical (unpaired) electrons. The van der Waals surface area contributed by atoms with Crippen LogP contribution in [0.25, 0.3) is 0 Å². The molecule has 2 fully saturated rings. The second-order valence-corrected chi connectivity index (χ2v) is 5.30. The van der Waals surface area contributed by atoms with Crippen molar-refractivity contribution >= 4 is 0 Å². The fourth-order valence-corrected chi connectivity index (χ4v) is 2.91. The van der Waals surface area contributed by atoms with Crippen LogP contribution in [0.2, 0.25) is 0 Å². The predicted octanol–water partition coefficient (Wildman–Crippen LogP) is 2.18. The van der Waals surface area contributed by atoms with Gasteiger partial charge in [0.2, 0.25) is 0 Å². The van der Waals surface area contributed by atoms with Gasteiger partial charge in [-0.2, -0.15) is 0 Å². The van der Waals surface area contributed by atoms with Gasteiger partial charge in [-0.3, -0.25) is 0 Å². The summed E-state index contributed by atoms with van der Waals surface area (Å²) in [5.41, 5.74) is 1.35. The highest BCUT2D eigenvalue weighted by molar-refractivity contribution is 4.98. The molecule has 0 aromatic carbocycles. The van der Waals surface area contributed by atoms with Crippen LogP contribution < -0.4 is 5.32 Å². The zero-order valence-electron chi connectivity index (χ0n) is 7.74.